The fraction of sp³-hybridized carbons (Fsp3) is 0.389. The second-order valence-electron chi connectivity index (χ2n) is 5.67. The topological polar surface area (TPSA) is 77.4 Å². The third-order valence-electron chi connectivity index (χ3n) is 3.63. The number of hydrogen-bond acceptors (Lipinski definition) is 6. The molecule has 140 valence electrons. The van der Waals surface area contributed by atoms with Crippen molar-refractivity contribution in [3.05, 3.63) is 41.9 Å². The van der Waals surface area contributed by atoms with Crippen LogP contribution >= 0.6 is 22.7 Å². The summed E-state index contributed by atoms with van der Waals surface area (Å²) in [6, 6.07) is 1.92. The molecule has 0 bridgehead atoms. The Kier molecular flexibility index (Phi) is 7.35. The molecule has 0 spiro atoms. The van der Waals surface area contributed by atoms with Crippen molar-refractivity contribution in [1.29, 1.82) is 0 Å². The normalized spacial score (nSPS) is 13.7. The molecule has 2 aromatic rings. The summed E-state index contributed by atoms with van der Waals surface area (Å²) in [6.45, 7) is 5.68. The Labute approximate surface area is 159 Å². The molecule has 0 aromatic carbocycles. The Morgan fingerprint density at radius 2 is 2.15 bits per heavy atom. The van der Waals surface area contributed by atoms with Crippen LogP contribution in [0.5, 0.6) is 0 Å². The lowest BCUT2D eigenvalue weighted by Gasteiger charge is -2.11. The van der Waals surface area contributed by atoms with Crippen LogP contribution in [0.15, 0.2) is 21.6 Å². The molecule has 1 amide bonds. The number of carbonyl (C=O) groups is 2. The maximum atomic E-state index is 12.7. The van der Waals surface area contributed by atoms with Crippen LogP contribution in [0.2, 0.25) is 0 Å². The number of amides is 1. The summed E-state index contributed by atoms with van der Waals surface area (Å²) in [5.41, 5.74) is 0.614. The molecule has 0 fully saturated rings. The summed E-state index contributed by atoms with van der Waals surface area (Å²) in [5.74, 6) is -0.799. The van der Waals surface area contributed by atoms with Gasteiger partial charge in [-0.15, -0.1) is 11.3 Å². The molecular formula is C18H22N2O4S2. The van der Waals surface area contributed by atoms with Crippen LogP contribution in [0, 0.1) is 0 Å². The number of thiophene rings is 1. The van der Waals surface area contributed by atoms with Gasteiger partial charge in [0.15, 0.2) is 0 Å². The molecule has 2 rings (SSSR count). The molecule has 8 heteroatoms. The van der Waals surface area contributed by atoms with Gasteiger partial charge in [-0.25, -0.2) is 4.79 Å². The molecular weight excluding hydrogens is 372 g/mol. The number of nitrogens with one attached hydrogen (secondary N) is 1. The Morgan fingerprint density at radius 3 is 2.77 bits per heavy atom. The van der Waals surface area contributed by atoms with Crippen molar-refractivity contribution in [1.82, 2.24) is 9.88 Å². The van der Waals surface area contributed by atoms with E-state index in [1.165, 1.54) is 33.3 Å². The number of nitrogens with zero attached hydrogens (tertiary/aromatic N) is 1. The number of hydrogen-bond donors (Lipinski definition) is 1. The highest BCUT2D eigenvalue weighted by Crippen LogP contribution is 2.05. The zero-order valence-corrected chi connectivity index (χ0v) is 16.6. The first kappa shape index (κ1) is 20.1. The summed E-state index contributed by atoms with van der Waals surface area (Å²) in [4.78, 5) is 36.8. The Morgan fingerprint density at radius 1 is 1.38 bits per heavy atom. The first-order valence-electron chi connectivity index (χ1n) is 8.36. The van der Waals surface area contributed by atoms with E-state index in [1.807, 2.05) is 30.7 Å². The molecule has 0 aliphatic carbocycles. The lowest BCUT2D eigenvalue weighted by atomic mass is 10.2. The highest BCUT2D eigenvalue weighted by atomic mass is 32.1. The summed E-state index contributed by atoms with van der Waals surface area (Å²) in [7, 11) is 0. The molecule has 26 heavy (non-hydrogen) atoms. The van der Waals surface area contributed by atoms with Gasteiger partial charge < -0.3 is 10.1 Å². The van der Waals surface area contributed by atoms with Crippen molar-refractivity contribution >= 4 is 46.7 Å². The van der Waals surface area contributed by atoms with Gasteiger partial charge in [0.2, 0.25) is 5.91 Å². The minimum absolute atomic E-state index is 0.0196. The Bertz CT molecular complexity index is 926. The van der Waals surface area contributed by atoms with E-state index in [1.54, 1.807) is 13.0 Å². The number of esters is 1. The van der Waals surface area contributed by atoms with Crippen LogP contribution in [-0.2, 0) is 20.9 Å². The van der Waals surface area contributed by atoms with E-state index >= 15 is 0 Å². The third-order valence-corrected chi connectivity index (χ3v) is 5.39. The highest BCUT2D eigenvalue weighted by Gasteiger charge is 2.12. The first-order chi connectivity index (χ1) is 12.4. The number of rotatable bonds is 7. The largest absolute Gasteiger partial charge is 0.463 e. The van der Waals surface area contributed by atoms with E-state index in [9.17, 15) is 14.4 Å². The molecule has 0 saturated carbocycles. The predicted molar refractivity (Wildman–Crippen MR) is 105 cm³/mol. The van der Waals surface area contributed by atoms with Crippen LogP contribution < -0.4 is 20.1 Å². The van der Waals surface area contributed by atoms with Crippen LogP contribution in [-0.4, -0.2) is 29.1 Å². The average molecular weight is 395 g/mol. The van der Waals surface area contributed by atoms with E-state index in [4.69, 9.17) is 4.74 Å². The van der Waals surface area contributed by atoms with Crippen molar-refractivity contribution in [2.75, 3.05) is 6.61 Å². The molecule has 0 radical (unpaired) electrons. The molecule has 0 aliphatic rings. The van der Waals surface area contributed by atoms with Gasteiger partial charge >= 0.3 is 5.97 Å². The van der Waals surface area contributed by atoms with Crippen molar-refractivity contribution in [2.45, 2.75) is 39.8 Å². The fourth-order valence-corrected chi connectivity index (χ4v) is 3.80. The summed E-state index contributed by atoms with van der Waals surface area (Å²) in [5, 5.41) is 6.68. The summed E-state index contributed by atoms with van der Waals surface area (Å²) in [6.07, 6.45) is 3.81. The van der Waals surface area contributed by atoms with Gasteiger partial charge in [0.25, 0.3) is 5.56 Å². The van der Waals surface area contributed by atoms with Gasteiger partial charge in [0.1, 0.15) is 11.2 Å². The smallest absolute Gasteiger partial charge is 0.333 e. The number of ether oxygens (including phenoxy) is 1. The standard InChI is InChI=1S/C18H22N2O4S2/c1-4-12(3)19-15(21)10-20-16(9-17(22)24-5-2)26-14(18(20)23)8-13-6-7-25-11-13/h6-9,11-12H,4-5,10H2,1-3H3,(H,19,21). The van der Waals surface area contributed by atoms with Gasteiger partial charge in [-0.1, -0.05) is 6.92 Å². The number of carbonyl (C=O) groups excluding carboxylic acids is 2. The molecule has 2 aromatic heterocycles. The summed E-state index contributed by atoms with van der Waals surface area (Å²) >= 11 is 2.70. The van der Waals surface area contributed by atoms with E-state index in [-0.39, 0.29) is 30.7 Å². The molecule has 1 N–H and O–H groups in total. The highest BCUT2D eigenvalue weighted by molar-refractivity contribution is 7.08. The third kappa shape index (κ3) is 5.40. The van der Waals surface area contributed by atoms with Gasteiger partial charge in [-0.2, -0.15) is 11.3 Å². The lowest BCUT2D eigenvalue weighted by molar-refractivity contribution is -0.135. The van der Waals surface area contributed by atoms with Gasteiger partial charge in [0.05, 0.1) is 17.2 Å². The zero-order valence-electron chi connectivity index (χ0n) is 15.0. The molecule has 1 atom stereocenters. The molecule has 0 aliphatic heterocycles. The molecule has 0 saturated heterocycles. The van der Waals surface area contributed by atoms with E-state index in [2.05, 4.69) is 5.32 Å². The maximum absolute atomic E-state index is 12.7. The van der Waals surface area contributed by atoms with E-state index < -0.39 is 5.97 Å². The minimum Gasteiger partial charge on any atom is -0.463 e. The Hall–Kier alpha value is -2.19. The van der Waals surface area contributed by atoms with Crippen LogP contribution in [0.3, 0.4) is 0 Å². The minimum atomic E-state index is -0.535. The second-order valence-corrected chi connectivity index (χ2v) is 7.51. The fourth-order valence-electron chi connectivity index (χ4n) is 2.15. The van der Waals surface area contributed by atoms with Gasteiger partial charge in [-0.05, 0) is 48.7 Å². The van der Waals surface area contributed by atoms with Crippen LogP contribution in [0.4, 0.5) is 0 Å². The second kappa shape index (κ2) is 9.49. The quantitative estimate of drug-likeness (QED) is 0.713. The van der Waals surface area contributed by atoms with Gasteiger partial charge in [0, 0.05) is 6.04 Å². The molecule has 2 heterocycles. The van der Waals surface area contributed by atoms with E-state index in [0.717, 1.165) is 12.0 Å². The monoisotopic (exact) mass is 394 g/mol. The lowest BCUT2D eigenvalue weighted by Crippen LogP contribution is -2.41. The SMILES string of the molecule is CCOC(=O)C=c1sc(=Cc2ccsc2)c(=O)n1CC(=O)NC(C)CC. The number of thiazole rings is 1. The Balaban J connectivity index is 2.46. The number of aromatic nitrogens is 1. The van der Waals surface area contributed by atoms with Crippen molar-refractivity contribution < 1.29 is 14.3 Å². The average Bonchev–Trinajstić information content (AvgIpc) is 3.19. The van der Waals surface area contributed by atoms with Gasteiger partial charge in [-0.3, -0.25) is 14.2 Å². The first-order valence-corrected chi connectivity index (χ1v) is 10.1. The van der Waals surface area contributed by atoms with Crippen molar-refractivity contribution in [3.8, 4) is 0 Å². The van der Waals surface area contributed by atoms with E-state index in [0.29, 0.717) is 9.20 Å². The molecule has 6 nitrogen and oxygen atoms in total. The molecule has 1 unspecified atom stereocenters. The van der Waals surface area contributed by atoms with Crippen molar-refractivity contribution in [3.63, 3.8) is 0 Å². The maximum Gasteiger partial charge on any atom is 0.333 e. The predicted octanol–water partition coefficient (Wildman–Crippen LogP) is 1.06. The summed E-state index contributed by atoms with van der Waals surface area (Å²) < 4.78 is 7.11. The van der Waals surface area contributed by atoms with Crippen molar-refractivity contribution in [2.24, 2.45) is 0 Å². The van der Waals surface area contributed by atoms with Crippen LogP contribution in [0.25, 0.3) is 12.2 Å². The van der Waals surface area contributed by atoms with Crippen LogP contribution in [0.1, 0.15) is 32.8 Å². The zero-order chi connectivity index (χ0) is 19.1.